The van der Waals surface area contributed by atoms with Gasteiger partial charge in [0.25, 0.3) is 0 Å². The van der Waals surface area contributed by atoms with E-state index in [1.165, 1.54) is 23.8 Å². The summed E-state index contributed by atoms with van der Waals surface area (Å²) >= 11 is 0. The van der Waals surface area contributed by atoms with Gasteiger partial charge in [-0.3, -0.25) is 4.98 Å². The van der Waals surface area contributed by atoms with Gasteiger partial charge in [0.1, 0.15) is 0 Å². The summed E-state index contributed by atoms with van der Waals surface area (Å²) in [5.74, 6) is 0.637. The topological polar surface area (TPSA) is 92.5 Å². The van der Waals surface area contributed by atoms with E-state index in [-0.39, 0.29) is 12.1 Å². The third-order valence-electron chi connectivity index (χ3n) is 5.84. The zero-order chi connectivity index (χ0) is 19.1. The van der Waals surface area contributed by atoms with E-state index in [1.54, 1.807) is 0 Å². The molecule has 4 aromatic rings. The third-order valence-corrected chi connectivity index (χ3v) is 5.84. The zero-order valence-electron chi connectivity index (χ0n) is 15.9. The molecule has 3 heterocycles. The van der Waals surface area contributed by atoms with Gasteiger partial charge in [0, 0.05) is 64.3 Å². The summed E-state index contributed by atoms with van der Waals surface area (Å²) in [6, 6.07) is 6.71. The van der Waals surface area contributed by atoms with Crippen molar-refractivity contribution in [2.75, 3.05) is 5.32 Å². The van der Waals surface area contributed by atoms with Gasteiger partial charge in [0.2, 0.25) is 5.95 Å². The molecule has 0 saturated heterocycles. The fourth-order valence-corrected chi connectivity index (χ4v) is 4.25. The zero-order valence-corrected chi connectivity index (χ0v) is 15.9. The van der Waals surface area contributed by atoms with Crippen molar-refractivity contribution in [2.45, 2.75) is 44.7 Å². The first kappa shape index (κ1) is 17.1. The number of aryl methyl sites for hydroxylation is 1. The second-order valence-electron chi connectivity index (χ2n) is 7.72. The minimum atomic E-state index is 0.154. The molecular weight excluding hydrogens is 348 g/mol. The molecule has 4 N–H and O–H groups in total. The van der Waals surface area contributed by atoms with Gasteiger partial charge in [-0.05, 0) is 25.3 Å². The number of anilines is 1. The Bertz CT molecular complexity index is 1150. The summed E-state index contributed by atoms with van der Waals surface area (Å²) < 4.78 is 0. The maximum absolute atomic E-state index is 6.29. The Hall–Kier alpha value is -2.99. The Morgan fingerprint density at radius 1 is 1.11 bits per heavy atom. The lowest BCUT2D eigenvalue weighted by atomic mass is 9.91. The number of fused-ring (bicyclic) bond motifs is 2. The summed E-state index contributed by atoms with van der Waals surface area (Å²) in [5.41, 5.74) is 11.7. The number of aromatic nitrogens is 4. The molecule has 2 atom stereocenters. The molecule has 1 fully saturated rings. The number of rotatable bonds is 3. The highest BCUT2D eigenvalue weighted by molar-refractivity contribution is 6.03. The Morgan fingerprint density at radius 2 is 2.00 bits per heavy atom. The highest BCUT2D eigenvalue weighted by atomic mass is 15.1. The Labute approximate surface area is 163 Å². The number of hydrogen-bond donors (Lipinski definition) is 3. The van der Waals surface area contributed by atoms with Crippen LogP contribution in [0.5, 0.6) is 0 Å². The van der Waals surface area contributed by atoms with Gasteiger partial charge < -0.3 is 16.0 Å². The molecule has 0 amide bonds. The van der Waals surface area contributed by atoms with Crippen LogP contribution in [0.2, 0.25) is 0 Å². The number of nitrogens with two attached hydrogens (primary N) is 1. The van der Waals surface area contributed by atoms with Crippen LogP contribution in [-0.2, 0) is 0 Å². The smallest absolute Gasteiger partial charge is 0.223 e. The van der Waals surface area contributed by atoms with Crippen molar-refractivity contribution in [1.82, 2.24) is 19.9 Å². The average Bonchev–Trinajstić information content (AvgIpc) is 3.15. The van der Waals surface area contributed by atoms with Crippen molar-refractivity contribution in [3.63, 3.8) is 0 Å². The minimum absolute atomic E-state index is 0.154. The lowest BCUT2D eigenvalue weighted by Gasteiger charge is -2.29. The van der Waals surface area contributed by atoms with Gasteiger partial charge in [0.15, 0.2) is 0 Å². The first-order valence-electron chi connectivity index (χ1n) is 9.90. The molecule has 28 heavy (non-hydrogen) atoms. The summed E-state index contributed by atoms with van der Waals surface area (Å²) in [6.45, 7) is 2.11. The maximum atomic E-state index is 6.29. The van der Waals surface area contributed by atoms with Crippen molar-refractivity contribution < 1.29 is 0 Å². The Kier molecular flexibility index (Phi) is 4.20. The van der Waals surface area contributed by atoms with E-state index >= 15 is 0 Å². The molecule has 6 heteroatoms. The quantitative estimate of drug-likeness (QED) is 0.502. The van der Waals surface area contributed by atoms with Gasteiger partial charge in [-0.2, -0.15) is 0 Å². The fourth-order valence-electron chi connectivity index (χ4n) is 4.25. The lowest BCUT2D eigenvalue weighted by Crippen LogP contribution is -2.42. The largest absolute Gasteiger partial charge is 0.360 e. The lowest BCUT2D eigenvalue weighted by molar-refractivity contribution is 0.402. The van der Waals surface area contributed by atoms with E-state index in [4.69, 9.17) is 10.7 Å². The van der Waals surface area contributed by atoms with Crippen molar-refractivity contribution in [2.24, 2.45) is 5.73 Å². The standard InChI is InChI=1S/C22H24N6/c1-13-5-4-6-15-16(12-25-20(13)15)17-11-24-9-14-10-26-22(28-21(14)17)27-19-8-3-2-7-18(19)23/h4-6,9-12,18-19,25H,2-3,7-8,23H2,1H3,(H,26,27,28). The van der Waals surface area contributed by atoms with Crippen LogP contribution in [0, 0.1) is 6.92 Å². The maximum Gasteiger partial charge on any atom is 0.223 e. The van der Waals surface area contributed by atoms with Gasteiger partial charge in [-0.15, -0.1) is 0 Å². The first-order chi connectivity index (χ1) is 13.7. The predicted octanol–water partition coefficient (Wildman–Crippen LogP) is 4.16. The normalized spacial score (nSPS) is 19.9. The van der Waals surface area contributed by atoms with Crippen molar-refractivity contribution in [1.29, 1.82) is 0 Å². The second kappa shape index (κ2) is 6.87. The van der Waals surface area contributed by atoms with Gasteiger partial charge >= 0.3 is 0 Å². The highest BCUT2D eigenvalue weighted by Crippen LogP contribution is 2.33. The molecule has 5 rings (SSSR count). The van der Waals surface area contributed by atoms with Crippen LogP contribution in [-0.4, -0.2) is 32.0 Å². The summed E-state index contributed by atoms with van der Waals surface area (Å²) in [5, 5.41) is 5.57. The van der Waals surface area contributed by atoms with Crippen LogP contribution in [0.15, 0.2) is 43.0 Å². The number of nitrogens with zero attached hydrogens (tertiary/aromatic N) is 3. The molecule has 1 aliphatic rings. The van der Waals surface area contributed by atoms with Crippen LogP contribution >= 0.6 is 0 Å². The van der Waals surface area contributed by atoms with Gasteiger partial charge in [-0.25, -0.2) is 9.97 Å². The summed E-state index contributed by atoms with van der Waals surface area (Å²) in [6.07, 6.45) is 12.1. The Balaban J connectivity index is 1.60. The Morgan fingerprint density at radius 3 is 2.89 bits per heavy atom. The second-order valence-corrected chi connectivity index (χ2v) is 7.72. The van der Waals surface area contributed by atoms with E-state index in [9.17, 15) is 0 Å². The van der Waals surface area contributed by atoms with Crippen LogP contribution < -0.4 is 11.1 Å². The highest BCUT2D eigenvalue weighted by Gasteiger charge is 2.22. The fraction of sp³-hybridized carbons (Fsp3) is 0.318. The number of nitrogens with one attached hydrogen (secondary N) is 2. The van der Waals surface area contributed by atoms with Crippen LogP contribution in [0.1, 0.15) is 31.2 Å². The minimum Gasteiger partial charge on any atom is -0.360 e. The van der Waals surface area contributed by atoms with E-state index < -0.39 is 0 Å². The van der Waals surface area contributed by atoms with Gasteiger partial charge in [0.05, 0.1) is 5.52 Å². The number of hydrogen-bond acceptors (Lipinski definition) is 5. The molecule has 0 spiro atoms. The van der Waals surface area contributed by atoms with Crippen molar-refractivity contribution in [3.8, 4) is 11.1 Å². The monoisotopic (exact) mass is 372 g/mol. The molecular formula is C22H24N6. The number of aromatic amines is 1. The molecule has 0 bridgehead atoms. The molecule has 0 aliphatic heterocycles. The summed E-state index contributed by atoms with van der Waals surface area (Å²) in [4.78, 5) is 17.2. The van der Waals surface area contributed by atoms with Crippen molar-refractivity contribution >= 4 is 27.8 Å². The number of pyridine rings is 1. The van der Waals surface area contributed by atoms with E-state index in [1.807, 2.05) is 24.8 Å². The third kappa shape index (κ3) is 2.90. The number of para-hydroxylation sites is 1. The molecule has 3 aromatic heterocycles. The number of benzene rings is 1. The van der Waals surface area contributed by atoms with Crippen LogP contribution in [0.3, 0.4) is 0 Å². The average molecular weight is 372 g/mol. The molecule has 6 nitrogen and oxygen atoms in total. The molecule has 0 radical (unpaired) electrons. The SMILES string of the molecule is Cc1cccc2c(-c3cncc4cnc(NC5CCCCC5N)nc34)c[nH]c12. The van der Waals surface area contributed by atoms with Gasteiger partial charge in [-0.1, -0.05) is 31.0 Å². The predicted molar refractivity (Wildman–Crippen MR) is 113 cm³/mol. The van der Waals surface area contributed by atoms with Crippen LogP contribution in [0.4, 0.5) is 5.95 Å². The van der Waals surface area contributed by atoms with E-state index in [2.05, 4.69) is 45.4 Å². The molecule has 2 unspecified atom stereocenters. The molecule has 1 saturated carbocycles. The van der Waals surface area contributed by atoms with E-state index in [0.29, 0.717) is 5.95 Å². The summed E-state index contributed by atoms with van der Waals surface area (Å²) in [7, 11) is 0. The number of H-pyrrole nitrogens is 1. The van der Waals surface area contributed by atoms with Crippen LogP contribution in [0.25, 0.3) is 32.9 Å². The molecule has 1 aliphatic carbocycles. The molecule has 1 aromatic carbocycles. The molecule has 142 valence electrons. The van der Waals surface area contributed by atoms with E-state index in [0.717, 1.165) is 40.4 Å². The first-order valence-corrected chi connectivity index (χ1v) is 9.90. The van der Waals surface area contributed by atoms with Crippen molar-refractivity contribution in [3.05, 3.63) is 48.5 Å².